The van der Waals surface area contributed by atoms with E-state index in [0.717, 1.165) is 30.4 Å². The molecule has 0 saturated carbocycles. The summed E-state index contributed by atoms with van der Waals surface area (Å²) in [4.78, 5) is 11.7. The van der Waals surface area contributed by atoms with Crippen molar-refractivity contribution in [2.75, 3.05) is 0 Å². The topological polar surface area (TPSA) is 30.2 Å². The van der Waals surface area contributed by atoms with Gasteiger partial charge in [-0.3, -0.25) is 0 Å². The number of halogens is 1. The minimum absolute atomic E-state index is 0.300. The monoisotopic (exact) mass is 236 g/mol. The molecule has 0 aliphatic rings. The third-order valence-corrected chi connectivity index (χ3v) is 2.79. The molecule has 0 amide bonds. The van der Waals surface area contributed by atoms with Crippen LogP contribution in [0, 0.1) is 0 Å². The van der Waals surface area contributed by atoms with Gasteiger partial charge in [0.1, 0.15) is 5.76 Å². The van der Waals surface area contributed by atoms with Crippen LogP contribution in [0.2, 0.25) is 5.02 Å². The maximum absolute atomic E-state index is 11.7. The predicted molar refractivity (Wildman–Crippen MR) is 66.1 cm³/mol. The highest BCUT2D eigenvalue weighted by Gasteiger charge is 2.04. The molecule has 0 N–H and O–H groups in total. The molecule has 1 aromatic carbocycles. The zero-order chi connectivity index (χ0) is 11.5. The smallest absolute Gasteiger partial charge is 0.343 e. The molecule has 0 saturated heterocycles. The summed E-state index contributed by atoms with van der Waals surface area (Å²) >= 11 is 5.83. The summed E-state index contributed by atoms with van der Waals surface area (Å²) in [7, 11) is 0. The molecule has 84 valence electrons. The number of unbranched alkanes of at least 4 members (excludes halogenated alkanes) is 1. The van der Waals surface area contributed by atoms with Crippen molar-refractivity contribution in [3.63, 3.8) is 0 Å². The number of hydrogen-bond acceptors (Lipinski definition) is 2. The Kier molecular flexibility index (Phi) is 3.30. The van der Waals surface area contributed by atoms with Gasteiger partial charge in [0.05, 0.1) is 5.39 Å². The lowest BCUT2D eigenvalue weighted by Crippen LogP contribution is -2.02. The summed E-state index contributed by atoms with van der Waals surface area (Å²) in [6.07, 6.45) is 2.93. The third-order valence-electron chi connectivity index (χ3n) is 2.55. The summed E-state index contributed by atoms with van der Waals surface area (Å²) in [6, 6.07) is 7.20. The molecule has 1 heterocycles. The number of fused-ring (bicyclic) bond motifs is 1. The van der Waals surface area contributed by atoms with Gasteiger partial charge in [-0.2, -0.15) is 0 Å². The van der Waals surface area contributed by atoms with Gasteiger partial charge >= 0.3 is 5.63 Å². The van der Waals surface area contributed by atoms with Gasteiger partial charge in [-0.1, -0.05) is 31.0 Å². The van der Waals surface area contributed by atoms with Gasteiger partial charge < -0.3 is 4.42 Å². The van der Waals surface area contributed by atoms with Crippen LogP contribution in [0.3, 0.4) is 0 Å². The molecular weight excluding hydrogens is 224 g/mol. The molecule has 0 bridgehead atoms. The second-order valence-electron chi connectivity index (χ2n) is 3.84. The van der Waals surface area contributed by atoms with Gasteiger partial charge in [0.2, 0.25) is 0 Å². The van der Waals surface area contributed by atoms with Crippen LogP contribution in [0.4, 0.5) is 0 Å². The summed E-state index contributed by atoms with van der Waals surface area (Å²) in [6.45, 7) is 2.11. The maximum atomic E-state index is 11.7. The van der Waals surface area contributed by atoms with Gasteiger partial charge in [0, 0.05) is 11.4 Å². The molecular formula is C13H13ClO2. The lowest BCUT2D eigenvalue weighted by molar-refractivity contribution is 0.460. The van der Waals surface area contributed by atoms with Crippen molar-refractivity contribution < 1.29 is 4.42 Å². The van der Waals surface area contributed by atoms with Crippen molar-refractivity contribution in [1.29, 1.82) is 0 Å². The lowest BCUT2D eigenvalue weighted by atomic mass is 10.1. The van der Waals surface area contributed by atoms with Crippen LogP contribution in [0.5, 0.6) is 0 Å². The molecule has 2 nitrogen and oxygen atoms in total. The van der Waals surface area contributed by atoms with Gasteiger partial charge in [0.25, 0.3) is 0 Å². The van der Waals surface area contributed by atoms with Crippen molar-refractivity contribution in [3.05, 3.63) is 45.5 Å². The van der Waals surface area contributed by atoms with E-state index < -0.39 is 0 Å². The predicted octanol–water partition coefficient (Wildman–Crippen LogP) is 3.79. The highest BCUT2D eigenvalue weighted by atomic mass is 35.5. The average Bonchev–Trinajstić information content (AvgIpc) is 2.27. The van der Waals surface area contributed by atoms with E-state index in [2.05, 4.69) is 6.92 Å². The maximum Gasteiger partial charge on any atom is 0.343 e. The lowest BCUT2D eigenvalue weighted by Gasteiger charge is -2.01. The van der Waals surface area contributed by atoms with Crippen molar-refractivity contribution in [2.45, 2.75) is 26.2 Å². The van der Waals surface area contributed by atoms with Crippen molar-refractivity contribution in [3.8, 4) is 0 Å². The van der Waals surface area contributed by atoms with Crippen LogP contribution < -0.4 is 5.63 Å². The molecule has 1 aromatic heterocycles. The summed E-state index contributed by atoms with van der Waals surface area (Å²) in [5.74, 6) is 0.752. The highest BCUT2D eigenvalue weighted by Crippen LogP contribution is 2.18. The van der Waals surface area contributed by atoms with Crippen LogP contribution in [0.1, 0.15) is 25.5 Å². The third kappa shape index (κ3) is 2.27. The zero-order valence-electron chi connectivity index (χ0n) is 9.13. The van der Waals surface area contributed by atoms with Crippen molar-refractivity contribution >= 4 is 22.4 Å². The average molecular weight is 237 g/mol. The van der Waals surface area contributed by atoms with E-state index in [-0.39, 0.29) is 5.63 Å². The Morgan fingerprint density at radius 1 is 1.31 bits per heavy atom. The minimum atomic E-state index is -0.300. The van der Waals surface area contributed by atoms with E-state index >= 15 is 0 Å². The Labute approximate surface area is 98.8 Å². The molecule has 0 spiro atoms. The fourth-order valence-corrected chi connectivity index (χ4v) is 1.85. The molecule has 0 radical (unpaired) electrons. The minimum Gasteiger partial charge on any atom is -0.427 e. The standard InChI is InChI=1S/C13H13ClO2/c1-2-3-4-11-7-9-5-6-10(14)8-12(9)13(15)16-11/h5-8H,2-4H2,1H3. The normalized spacial score (nSPS) is 10.9. The fraction of sp³-hybridized carbons (Fsp3) is 0.308. The van der Waals surface area contributed by atoms with E-state index in [4.69, 9.17) is 16.0 Å². The summed E-state index contributed by atoms with van der Waals surface area (Å²) < 4.78 is 5.23. The second kappa shape index (κ2) is 4.71. The van der Waals surface area contributed by atoms with E-state index in [0.29, 0.717) is 10.4 Å². The van der Waals surface area contributed by atoms with Crippen molar-refractivity contribution in [2.24, 2.45) is 0 Å². The first-order valence-corrected chi connectivity index (χ1v) is 5.81. The fourth-order valence-electron chi connectivity index (χ4n) is 1.68. The number of hydrogen-bond donors (Lipinski definition) is 0. The van der Waals surface area contributed by atoms with Gasteiger partial charge in [0.15, 0.2) is 0 Å². The van der Waals surface area contributed by atoms with E-state index in [1.54, 1.807) is 12.1 Å². The number of benzene rings is 1. The summed E-state index contributed by atoms with van der Waals surface area (Å²) in [5.41, 5.74) is -0.300. The van der Waals surface area contributed by atoms with Gasteiger partial charge in [-0.25, -0.2) is 4.79 Å². The first-order valence-electron chi connectivity index (χ1n) is 5.43. The van der Waals surface area contributed by atoms with Gasteiger partial charge in [-0.15, -0.1) is 0 Å². The van der Waals surface area contributed by atoms with Crippen LogP contribution in [0.25, 0.3) is 10.8 Å². The van der Waals surface area contributed by atoms with Crippen molar-refractivity contribution in [1.82, 2.24) is 0 Å². The zero-order valence-corrected chi connectivity index (χ0v) is 9.88. The molecule has 0 fully saturated rings. The number of rotatable bonds is 3. The summed E-state index contributed by atoms with van der Waals surface area (Å²) in [5, 5.41) is 2.00. The Hall–Kier alpha value is -1.28. The van der Waals surface area contributed by atoms with E-state index in [1.807, 2.05) is 12.1 Å². The highest BCUT2D eigenvalue weighted by molar-refractivity contribution is 6.31. The van der Waals surface area contributed by atoms with E-state index in [1.165, 1.54) is 0 Å². The quantitative estimate of drug-likeness (QED) is 0.812. The molecule has 16 heavy (non-hydrogen) atoms. The Bertz CT molecular complexity index is 557. The Balaban J connectivity index is 2.51. The molecule has 2 rings (SSSR count). The molecule has 0 unspecified atom stereocenters. The van der Waals surface area contributed by atoms with Gasteiger partial charge in [-0.05, 0) is 30.0 Å². The number of aryl methyl sites for hydroxylation is 1. The van der Waals surface area contributed by atoms with Crippen LogP contribution in [0.15, 0.2) is 33.5 Å². The Morgan fingerprint density at radius 3 is 2.88 bits per heavy atom. The van der Waals surface area contributed by atoms with Crippen LogP contribution >= 0.6 is 11.6 Å². The molecule has 2 aromatic rings. The first kappa shape index (κ1) is 11.2. The Morgan fingerprint density at radius 2 is 2.12 bits per heavy atom. The van der Waals surface area contributed by atoms with Crippen LogP contribution in [-0.2, 0) is 6.42 Å². The van der Waals surface area contributed by atoms with E-state index in [9.17, 15) is 4.79 Å². The van der Waals surface area contributed by atoms with Crippen LogP contribution in [-0.4, -0.2) is 0 Å². The second-order valence-corrected chi connectivity index (χ2v) is 4.27. The largest absolute Gasteiger partial charge is 0.427 e. The first-order chi connectivity index (χ1) is 7.70. The molecule has 0 atom stereocenters. The molecule has 0 aliphatic carbocycles. The molecule has 0 aliphatic heterocycles. The molecule has 3 heteroatoms. The SMILES string of the molecule is CCCCc1cc2ccc(Cl)cc2c(=O)o1.